The summed E-state index contributed by atoms with van der Waals surface area (Å²) in [6, 6.07) is 13.8. The molecule has 0 spiro atoms. The molecule has 8 heteroatoms. The Hall–Kier alpha value is -2.87. The number of aliphatic hydroxyl groups excluding tert-OH is 1. The van der Waals surface area contributed by atoms with Gasteiger partial charge >= 0.3 is 0 Å². The molecule has 2 atom stereocenters. The normalized spacial score (nSPS) is 13.1. The number of amides is 2. The number of carbonyl (C=O) groups excluding carboxylic acids is 2. The van der Waals surface area contributed by atoms with E-state index in [1.165, 1.54) is 6.92 Å². The number of carbonyl (C=O) groups is 2. The number of H-pyrrole nitrogens is 1. The Kier molecular flexibility index (Phi) is 8.72. The average molecular weight is 486 g/mol. The largest absolute Gasteiger partial charge is 0.363 e. The number of aromatic nitrogens is 1. The van der Waals surface area contributed by atoms with Gasteiger partial charge in [-0.2, -0.15) is 0 Å². The van der Waals surface area contributed by atoms with Gasteiger partial charge in [-0.25, -0.2) is 0 Å². The lowest BCUT2D eigenvalue weighted by atomic mass is 9.98. The van der Waals surface area contributed by atoms with Gasteiger partial charge in [-0.15, -0.1) is 0 Å². The highest BCUT2D eigenvalue weighted by Gasteiger charge is 2.36. The minimum atomic E-state index is -1.30. The van der Waals surface area contributed by atoms with Gasteiger partial charge in [-0.3, -0.25) is 9.59 Å². The second-order valence-corrected chi connectivity index (χ2v) is 9.06. The molecule has 0 aliphatic rings. The van der Waals surface area contributed by atoms with Crippen molar-refractivity contribution in [3.8, 4) is 0 Å². The van der Waals surface area contributed by atoms with Crippen LogP contribution >= 0.6 is 11.6 Å². The molecule has 0 saturated heterocycles. The van der Waals surface area contributed by atoms with Crippen LogP contribution < -0.4 is 5.32 Å². The minimum Gasteiger partial charge on any atom is -0.363 e. The maximum atomic E-state index is 13.7. The first-order chi connectivity index (χ1) is 16.2. The zero-order valence-corrected chi connectivity index (χ0v) is 20.7. The Morgan fingerprint density at radius 2 is 1.88 bits per heavy atom. The summed E-state index contributed by atoms with van der Waals surface area (Å²) in [5.74, 6) is -0.470. The summed E-state index contributed by atoms with van der Waals surface area (Å²) in [6.07, 6.45) is -1.30. The molecule has 182 valence electrons. The second kappa shape index (κ2) is 11.5. The number of hydrogen-bond donors (Lipinski definition) is 3. The van der Waals surface area contributed by atoms with E-state index in [-0.39, 0.29) is 24.3 Å². The summed E-state index contributed by atoms with van der Waals surface area (Å²) in [4.78, 5) is 31.2. The van der Waals surface area contributed by atoms with Crippen LogP contribution in [0.1, 0.15) is 56.8 Å². The lowest BCUT2D eigenvalue weighted by molar-refractivity contribution is -0.140. The first-order valence-corrected chi connectivity index (χ1v) is 11.8. The van der Waals surface area contributed by atoms with E-state index >= 15 is 0 Å². The predicted octanol–water partition coefficient (Wildman–Crippen LogP) is 4.71. The van der Waals surface area contributed by atoms with E-state index in [9.17, 15) is 14.7 Å². The van der Waals surface area contributed by atoms with Crippen molar-refractivity contribution in [2.45, 2.75) is 46.6 Å². The van der Waals surface area contributed by atoms with Gasteiger partial charge in [0.15, 0.2) is 6.29 Å². The molecule has 0 radical (unpaired) electrons. The van der Waals surface area contributed by atoms with Gasteiger partial charge in [0.25, 0.3) is 0 Å². The van der Waals surface area contributed by atoms with Crippen molar-refractivity contribution in [2.75, 3.05) is 13.2 Å². The lowest BCUT2D eigenvalue weighted by Crippen LogP contribution is -2.44. The summed E-state index contributed by atoms with van der Waals surface area (Å²) in [6.45, 7) is 8.13. The maximum absolute atomic E-state index is 13.7. The molecule has 34 heavy (non-hydrogen) atoms. The number of nitrogens with one attached hydrogen (secondary N) is 2. The quantitative estimate of drug-likeness (QED) is 0.362. The summed E-state index contributed by atoms with van der Waals surface area (Å²) in [7, 11) is 0. The molecule has 2 amide bonds. The van der Waals surface area contributed by atoms with E-state index in [2.05, 4.69) is 10.3 Å². The monoisotopic (exact) mass is 485 g/mol. The highest BCUT2D eigenvalue weighted by Crippen LogP contribution is 2.37. The third-order valence-corrected chi connectivity index (χ3v) is 5.75. The number of benzene rings is 2. The van der Waals surface area contributed by atoms with Gasteiger partial charge in [0.2, 0.25) is 11.8 Å². The number of rotatable bonds is 10. The molecular weight excluding hydrogens is 454 g/mol. The van der Waals surface area contributed by atoms with Gasteiger partial charge in [0.05, 0.1) is 5.69 Å². The highest BCUT2D eigenvalue weighted by molar-refractivity contribution is 6.31. The summed E-state index contributed by atoms with van der Waals surface area (Å²) in [5, 5.41) is 15.0. The number of halogens is 1. The van der Waals surface area contributed by atoms with Crippen molar-refractivity contribution in [3.05, 3.63) is 70.4 Å². The van der Waals surface area contributed by atoms with Gasteiger partial charge in [-0.1, -0.05) is 61.8 Å². The molecule has 3 aromatic rings. The van der Waals surface area contributed by atoms with Crippen LogP contribution in [-0.2, 0) is 20.9 Å². The molecule has 0 aliphatic heterocycles. The number of aromatic amines is 1. The Morgan fingerprint density at radius 3 is 2.50 bits per heavy atom. The van der Waals surface area contributed by atoms with Crippen LogP contribution in [0.15, 0.2) is 48.5 Å². The predicted molar refractivity (Wildman–Crippen MR) is 133 cm³/mol. The average Bonchev–Trinajstić information content (AvgIpc) is 3.16. The van der Waals surface area contributed by atoms with Crippen LogP contribution in [0.5, 0.6) is 0 Å². The number of fused-ring (bicyclic) bond motifs is 1. The van der Waals surface area contributed by atoms with Crippen molar-refractivity contribution >= 4 is 34.3 Å². The number of nitrogens with zero attached hydrogens (tertiary/aromatic N) is 1. The third kappa shape index (κ3) is 5.97. The zero-order valence-electron chi connectivity index (χ0n) is 20.0. The van der Waals surface area contributed by atoms with Gasteiger partial charge < -0.3 is 25.0 Å². The van der Waals surface area contributed by atoms with Crippen molar-refractivity contribution in [3.63, 3.8) is 0 Å². The summed E-state index contributed by atoms with van der Waals surface area (Å²) >= 11 is 6.20. The van der Waals surface area contributed by atoms with Crippen LogP contribution in [0.2, 0.25) is 5.02 Å². The maximum Gasteiger partial charge on any atom is 0.247 e. The molecule has 3 N–H and O–H groups in total. The summed E-state index contributed by atoms with van der Waals surface area (Å²) < 4.78 is 5.47. The molecule has 1 heterocycles. The Bertz CT molecular complexity index is 1130. The molecule has 2 unspecified atom stereocenters. The number of aliphatic hydroxyl groups is 1. The van der Waals surface area contributed by atoms with Crippen molar-refractivity contribution < 1.29 is 19.4 Å². The second-order valence-electron chi connectivity index (χ2n) is 8.62. The van der Waals surface area contributed by atoms with E-state index < -0.39 is 12.3 Å². The van der Waals surface area contributed by atoms with Crippen molar-refractivity contribution in [1.82, 2.24) is 15.2 Å². The SMILES string of the molecule is CCOC(O)c1[nH]c2cc(Cl)ccc2c1C(C(=O)NCc1ccccc1)N(CC(C)C)C(C)=O. The lowest BCUT2D eigenvalue weighted by Gasteiger charge is -2.32. The van der Waals surface area contributed by atoms with Crippen molar-refractivity contribution in [1.29, 1.82) is 0 Å². The van der Waals surface area contributed by atoms with E-state index in [1.807, 2.05) is 44.2 Å². The smallest absolute Gasteiger partial charge is 0.247 e. The standard InChI is InChI=1S/C26H32ClN3O4/c1-5-34-26(33)23-22(20-12-11-19(27)13-21(20)29-23)24(30(17(4)31)15-16(2)3)25(32)28-14-18-9-7-6-8-10-18/h6-13,16,24,26,29,33H,5,14-15H2,1-4H3,(H,28,32). The van der Waals surface area contributed by atoms with Gasteiger partial charge in [0, 0.05) is 48.1 Å². The molecule has 3 rings (SSSR count). The number of ether oxygens (including phenoxy) is 1. The Labute approximate surface area is 205 Å². The van der Waals surface area contributed by atoms with E-state index in [0.29, 0.717) is 40.3 Å². The molecule has 2 aromatic carbocycles. The molecule has 0 fully saturated rings. The number of hydrogen-bond acceptors (Lipinski definition) is 4. The molecule has 0 bridgehead atoms. The van der Waals surface area contributed by atoms with Crippen LogP contribution in [0.3, 0.4) is 0 Å². The molecule has 0 aliphatic carbocycles. The van der Waals surface area contributed by atoms with Crippen LogP contribution in [-0.4, -0.2) is 40.0 Å². The fraction of sp³-hybridized carbons (Fsp3) is 0.385. The Morgan fingerprint density at radius 1 is 1.18 bits per heavy atom. The zero-order chi connectivity index (χ0) is 24.8. The molecule has 1 aromatic heterocycles. The topological polar surface area (TPSA) is 94.7 Å². The van der Waals surface area contributed by atoms with Crippen LogP contribution in [0.4, 0.5) is 0 Å². The fourth-order valence-electron chi connectivity index (χ4n) is 4.06. The Balaban J connectivity index is 2.15. The van der Waals surface area contributed by atoms with Gasteiger partial charge in [0.1, 0.15) is 6.04 Å². The fourth-order valence-corrected chi connectivity index (χ4v) is 4.23. The minimum absolute atomic E-state index is 0.119. The van der Waals surface area contributed by atoms with E-state index in [1.54, 1.807) is 30.0 Å². The third-order valence-electron chi connectivity index (χ3n) is 5.51. The first-order valence-electron chi connectivity index (χ1n) is 11.4. The first kappa shape index (κ1) is 25.7. The van der Waals surface area contributed by atoms with E-state index in [0.717, 1.165) is 5.56 Å². The van der Waals surface area contributed by atoms with Crippen molar-refractivity contribution in [2.24, 2.45) is 5.92 Å². The van der Waals surface area contributed by atoms with E-state index in [4.69, 9.17) is 16.3 Å². The molecular formula is C26H32ClN3O4. The summed E-state index contributed by atoms with van der Waals surface area (Å²) in [5.41, 5.74) is 2.40. The highest BCUT2D eigenvalue weighted by atomic mass is 35.5. The molecule has 0 saturated carbocycles. The van der Waals surface area contributed by atoms with Gasteiger partial charge in [-0.05, 0) is 30.5 Å². The molecule has 7 nitrogen and oxygen atoms in total. The van der Waals surface area contributed by atoms with Crippen LogP contribution in [0, 0.1) is 5.92 Å². The van der Waals surface area contributed by atoms with Crippen LogP contribution in [0.25, 0.3) is 10.9 Å².